The van der Waals surface area contributed by atoms with E-state index in [9.17, 15) is 18.0 Å². The quantitative estimate of drug-likeness (QED) is 0.372. The van der Waals surface area contributed by atoms with E-state index in [-0.39, 0.29) is 11.6 Å². The van der Waals surface area contributed by atoms with Crippen molar-refractivity contribution in [3.63, 3.8) is 0 Å². The van der Waals surface area contributed by atoms with Gasteiger partial charge in [0, 0.05) is 16.8 Å². The van der Waals surface area contributed by atoms with Gasteiger partial charge in [-0.25, -0.2) is 14.6 Å². The lowest BCUT2D eigenvalue weighted by Gasteiger charge is -2.29. The number of piperidine rings is 1. The van der Waals surface area contributed by atoms with Gasteiger partial charge in [0.25, 0.3) is 5.91 Å². The molecule has 0 aliphatic carbocycles. The maximum absolute atomic E-state index is 12.8. The smallest absolute Gasteiger partial charge is 0.383 e. The summed E-state index contributed by atoms with van der Waals surface area (Å²) in [6, 6.07) is 9.45. The summed E-state index contributed by atoms with van der Waals surface area (Å²) in [6.45, 7) is 3.80. The van der Waals surface area contributed by atoms with Crippen LogP contribution in [-0.4, -0.2) is 50.7 Å². The van der Waals surface area contributed by atoms with Gasteiger partial charge in [0.2, 0.25) is 0 Å². The number of likely N-dealkylation sites (tertiary alicyclic amines) is 1. The lowest BCUT2D eigenvalue weighted by molar-refractivity contribution is -0.137. The lowest BCUT2D eigenvalue weighted by Crippen LogP contribution is -2.32. The molecule has 0 atom stereocenters. The first-order valence-electron chi connectivity index (χ1n) is 12.4. The molecule has 0 unspecified atom stereocenters. The van der Waals surface area contributed by atoms with Gasteiger partial charge in [-0.3, -0.25) is 4.79 Å². The predicted octanol–water partition coefficient (Wildman–Crippen LogP) is 4.65. The van der Waals surface area contributed by atoms with Crippen LogP contribution in [0.5, 0.6) is 0 Å². The van der Waals surface area contributed by atoms with E-state index in [0.29, 0.717) is 33.8 Å². The summed E-state index contributed by atoms with van der Waals surface area (Å²) in [5.41, 5.74) is 8.59. The molecule has 2 aromatic carbocycles. The van der Waals surface area contributed by atoms with Gasteiger partial charge in [0.05, 0.1) is 17.0 Å². The molecule has 1 saturated heterocycles. The molecule has 0 bridgehead atoms. The number of halogens is 3. The monoisotopic (exact) mass is 533 g/mol. The number of hydrogen-bond acceptors (Lipinski definition) is 6. The summed E-state index contributed by atoms with van der Waals surface area (Å²) in [7, 11) is 2.09. The lowest BCUT2D eigenvalue weighted by atomic mass is 10.1. The minimum absolute atomic E-state index is 0.109. The van der Waals surface area contributed by atoms with Gasteiger partial charge in [-0.05, 0) is 87.8 Å². The van der Waals surface area contributed by atoms with Crippen molar-refractivity contribution in [3.8, 4) is 11.8 Å². The number of carbonyl (C=O) groups is 1. The third-order valence-corrected chi connectivity index (χ3v) is 6.84. The molecule has 3 heterocycles. The maximum Gasteiger partial charge on any atom is 0.416 e. The average Bonchev–Trinajstić information content (AvgIpc) is 3.29. The molecule has 8 nitrogen and oxygen atoms in total. The summed E-state index contributed by atoms with van der Waals surface area (Å²) in [4.78, 5) is 23.5. The van der Waals surface area contributed by atoms with Gasteiger partial charge in [-0.15, -0.1) is 0 Å². The third-order valence-electron chi connectivity index (χ3n) is 6.84. The molecule has 0 radical (unpaired) electrons. The molecule has 1 fully saturated rings. The number of aryl methyl sites for hydroxylation is 1. The van der Waals surface area contributed by atoms with Crippen LogP contribution in [-0.2, 0) is 6.18 Å². The molecular formula is C28H26F3N7O. The molecule has 0 saturated carbocycles. The summed E-state index contributed by atoms with van der Waals surface area (Å²) in [6.07, 6.45) is -1.17. The topological polar surface area (TPSA) is 102 Å². The molecule has 1 amide bonds. The maximum atomic E-state index is 12.8. The van der Waals surface area contributed by atoms with Crippen molar-refractivity contribution in [3.05, 3.63) is 76.7 Å². The predicted molar refractivity (Wildman–Crippen MR) is 142 cm³/mol. The number of alkyl halides is 3. The first-order chi connectivity index (χ1) is 18.6. The minimum Gasteiger partial charge on any atom is -0.383 e. The van der Waals surface area contributed by atoms with Gasteiger partial charge < -0.3 is 16.0 Å². The van der Waals surface area contributed by atoms with Crippen LogP contribution < -0.4 is 11.1 Å². The Morgan fingerprint density at radius 1 is 1.08 bits per heavy atom. The van der Waals surface area contributed by atoms with E-state index in [1.807, 2.05) is 11.6 Å². The highest BCUT2D eigenvalue weighted by Crippen LogP contribution is 2.30. The molecule has 11 heteroatoms. The van der Waals surface area contributed by atoms with Crippen LogP contribution in [0.25, 0.3) is 11.0 Å². The van der Waals surface area contributed by atoms with Crippen molar-refractivity contribution in [2.24, 2.45) is 0 Å². The number of carbonyl (C=O) groups excluding carboxylic acids is 1. The zero-order chi connectivity index (χ0) is 27.7. The first kappa shape index (κ1) is 26.2. The number of fused-ring (bicyclic) bond motifs is 1. The van der Waals surface area contributed by atoms with Crippen LogP contribution >= 0.6 is 0 Å². The van der Waals surface area contributed by atoms with Crippen molar-refractivity contribution in [2.45, 2.75) is 32.0 Å². The second-order valence-electron chi connectivity index (χ2n) is 9.59. The normalized spacial score (nSPS) is 14.7. The molecule has 2 aromatic heterocycles. The van der Waals surface area contributed by atoms with Gasteiger partial charge in [0.1, 0.15) is 17.8 Å². The molecule has 1 aliphatic rings. The molecule has 0 spiro atoms. The Kier molecular flexibility index (Phi) is 6.97. The summed E-state index contributed by atoms with van der Waals surface area (Å²) < 4.78 is 40.4. The summed E-state index contributed by atoms with van der Waals surface area (Å²) in [5, 5.41) is 8.10. The fraction of sp³-hybridized carbons (Fsp3) is 0.286. The third kappa shape index (κ3) is 5.56. The summed E-state index contributed by atoms with van der Waals surface area (Å²) >= 11 is 0. The van der Waals surface area contributed by atoms with Crippen molar-refractivity contribution < 1.29 is 18.0 Å². The van der Waals surface area contributed by atoms with Crippen molar-refractivity contribution in [2.75, 3.05) is 31.2 Å². The van der Waals surface area contributed by atoms with Crippen LogP contribution in [0.2, 0.25) is 0 Å². The number of rotatable bonds is 3. The van der Waals surface area contributed by atoms with Crippen molar-refractivity contribution in [1.29, 1.82) is 0 Å². The average molecular weight is 534 g/mol. The number of nitrogens with zero attached hydrogens (tertiary/aromatic N) is 5. The van der Waals surface area contributed by atoms with E-state index >= 15 is 0 Å². The SMILES string of the molecule is Cc1ccc(NC(=O)c2ccc(C(F)(F)F)cc2)cc1C#Cc1nn(C2CCN(C)CC2)c2ncnc(N)c12. The molecule has 3 N–H and O–H groups in total. The second-order valence-corrected chi connectivity index (χ2v) is 9.59. The Labute approximate surface area is 223 Å². The number of nitrogen functional groups attached to an aromatic ring is 1. The summed E-state index contributed by atoms with van der Waals surface area (Å²) in [5.74, 6) is 6.02. The number of nitrogens with two attached hydrogens (primary N) is 1. The molecule has 200 valence electrons. The highest BCUT2D eigenvalue weighted by molar-refractivity contribution is 6.04. The van der Waals surface area contributed by atoms with E-state index in [2.05, 4.69) is 39.1 Å². The highest BCUT2D eigenvalue weighted by atomic mass is 19.4. The zero-order valence-corrected chi connectivity index (χ0v) is 21.4. The van der Waals surface area contributed by atoms with Crippen LogP contribution in [0.4, 0.5) is 24.7 Å². The number of amides is 1. The molecular weight excluding hydrogens is 507 g/mol. The van der Waals surface area contributed by atoms with Gasteiger partial charge in [0.15, 0.2) is 5.65 Å². The Hall–Kier alpha value is -4.43. The minimum atomic E-state index is -4.47. The second kappa shape index (κ2) is 10.4. The zero-order valence-electron chi connectivity index (χ0n) is 21.4. The number of aromatic nitrogens is 4. The number of nitrogens with one attached hydrogen (secondary N) is 1. The Morgan fingerprint density at radius 3 is 2.49 bits per heavy atom. The van der Waals surface area contributed by atoms with Crippen LogP contribution in [0.3, 0.4) is 0 Å². The van der Waals surface area contributed by atoms with Crippen LogP contribution in [0, 0.1) is 18.8 Å². The van der Waals surface area contributed by atoms with E-state index in [1.165, 1.54) is 6.33 Å². The Morgan fingerprint density at radius 2 is 1.79 bits per heavy atom. The van der Waals surface area contributed by atoms with Crippen molar-refractivity contribution >= 4 is 28.4 Å². The van der Waals surface area contributed by atoms with E-state index in [0.717, 1.165) is 55.8 Å². The van der Waals surface area contributed by atoms with Gasteiger partial charge >= 0.3 is 6.18 Å². The fourth-order valence-electron chi connectivity index (χ4n) is 4.55. The van der Waals surface area contributed by atoms with Gasteiger partial charge in [-0.1, -0.05) is 12.0 Å². The Bertz CT molecular complexity index is 1590. The largest absolute Gasteiger partial charge is 0.416 e. The van der Waals surface area contributed by atoms with E-state index < -0.39 is 17.6 Å². The number of anilines is 2. The standard InChI is InChI=1S/C28H26F3N7O/c1-17-3-9-21(35-27(39)18-4-7-20(8-5-18)28(29,30)31)15-19(17)6-10-23-24-25(32)33-16-34-26(24)38(36-23)22-11-13-37(2)14-12-22/h3-5,7-9,15-16,22H,11-14H2,1-2H3,(H,35,39)(H2,32,33,34). The molecule has 39 heavy (non-hydrogen) atoms. The van der Waals surface area contributed by atoms with Gasteiger partial charge in [-0.2, -0.15) is 18.3 Å². The Balaban J connectivity index is 1.42. The van der Waals surface area contributed by atoms with Crippen LogP contribution in [0.1, 0.15) is 51.6 Å². The van der Waals surface area contributed by atoms with E-state index in [4.69, 9.17) is 10.8 Å². The fourth-order valence-corrected chi connectivity index (χ4v) is 4.55. The molecule has 5 rings (SSSR count). The first-order valence-corrected chi connectivity index (χ1v) is 12.4. The number of benzene rings is 2. The highest BCUT2D eigenvalue weighted by Gasteiger charge is 2.30. The van der Waals surface area contributed by atoms with Crippen molar-refractivity contribution in [1.82, 2.24) is 24.6 Å². The van der Waals surface area contributed by atoms with Crippen LogP contribution in [0.15, 0.2) is 48.8 Å². The van der Waals surface area contributed by atoms with E-state index in [1.54, 1.807) is 18.2 Å². The molecule has 1 aliphatic heterocycles. The number of hydrogen-bond donors (Lipinski definition) is 2. The molecule has 4 aromatic rings.